The van der Waals surface area contributed by atoms with Crippen LogP contribution in [0.15, 0.2) is 66.7 Å². The lowest BCUT2D eigenvalue weighted by Crippen LogP contribution is -2.28. The number of esters is 1. The summed E-state index contributed by atoms with van der Waals surface area (Å²) in [6.07, 6.45) is 0.123. The van der Waals surface area contributed by atoms with Crippen molar-refractivity contribution in [1.82, 2.24) is 0 Å². The third-order valence-corrected chi connectivity index (χ3v) is 6.37. The summed E-state index contributed by atoms with van der Waals surface area (Å²) >= 11 is 0. The number of amides is 2. The first-order valence-electron chi connectivity index (χ1n) is 11.3. The number of ether oxygens (including phenoxy) is 1. The second-order valence-electron chi connectivity index (χ2n) is 8.77. The molecule has 34 heavy (non-hydrogen) atoms. The first-order chi connectivity index (χ1) is 16.2. The van der Waals surface area contributed by atoms with Gasteiger partial charge < -0.3 is 14.5 Å². The van der Waals surface area contributed by atoms with Crippen molar-refractivity contribution in [2.24, 2.45) is 5.92 Å². The molecule has 0 saturated carbocycles. The summed E-state index contributed by atoms with van der Waals surface area (Å²) in [5.41, 5.74) is 5.34. The monoisotopic (exact) mass is 456 g/mol. The van der Waals surface area contributed by atoms with Gasteiger partial charge in [0.05, 0.1) is 5.92 Å². The van der Waals surface area contributed by atoms with Crippen LogP contribution in [0.25, 0.3) is 0 Å². The molecule has 1 atom stereocenters. The van der Waals surface area contributed by atoms with Gasteiger partial charge in [0.1, 0.15) is 5.75 Å². The highest BCUT2D eigenvalue weighted by Crippen LogP contribution is 2.30. The molecule has 174 valence electrons. The van der Waals surface area contributed by atoms with Gasteiger partial charge in [0.25, 0.3) is 5.91 Å². The molecule has 0 N–H and O–H groups in total. The van der Waals surface area contributed by atoms with E-state index in [-0.39, 0.29) is 18.2 Å². The quantitative estimate of drug-likeness (QED) is 0.407. The lowest BCUT2D eigenvalue weighted by Gasteiger charge is -2.20. The highest BCUT2D eigenvalue weighted by molar-refractivity contribution is 6.05. The Morgan fingerprint density at radius 2 is 1.62 bits per heavy atom. The molecule has 0 spiro atoms. The number of benzene rings is 3. The van der Waals surface area contributed by atoms with Crippen LogP contribution in [0.3, 0.4) is 0 Å². The lowest BCUT2D eigenvalue weighted by atomic mass is 10.1. The summed E-state index contributed by atoms with van der Waals surface area (Å²) in [6, 6.07) is 20.0. The van der Waals surface area contributed by atoms with Crippen molar-refractivity contribution in [3.63, 3.8) is 0 Å². The van der Waals surface area contributed by atoms with E-state index in [2.05, 4.69) is 0 Å². The number of carbonyl (C=O) groups is 3. The van der Waals surface area contributed by atoms with Crippen LogP contribution in [-0.2, 0) is 9.59 Å². The molecule has 1 fully saturated rings. The van der Waals surface area contributed by atoms with E-state index in [1.54, 1.807) is 53.2 Å². The molecule has 0 radical (unpaired) electrons. The van der Waals surface area contributed by atoms with Gasteiger partial charge in [-0.1, -0.05) is 29.8 Å². The zero-order valence-electron chi connectivity index (χ0n) is 19.9. The van der Waals surface area contributed by atoms with Crippen molar-refractivity contribution >= 4 is 29.2 Å². The molecule has 1 aliphatic heterocycles. The molecule has 4 rings (SSSR count). The van der Waals surface area contributed by atoms with Gasteiger partial charge in [-0.3, -0.25) is 14.4 Å². The highest BCUT2D eigenvalue weighted by Gasteiger charge is 2.37. The van der Waals surface area contributed by atoms with Crippen LogP contribution < -0.4 is 14.5 Å². The molecule has 1 aliphatic rings. The summed E-state index contributed by atoms with van der Waals surface area (Å²) in [6.45, 7) is 6.25. The van der Waals surface area contributed by atoms with Crippen LogP contribution in [0.4, 0.5) is 11.4 Å². The number of hydrogen-bond donors (Lipinski definition) is 0. The van der Waals surface area contributed by atoms with Gasteiger partial charge in [-0.25, -0.2) is 0 Å². The Labute approximate surface area is 199 Å². The standard InChI is InChI=1S/C28H28N2O4/c1-18-8-10-21(11-9-18)27(32)29(4)23-12-14-24(15-13-23)34-28(33)22-16-26(31)30(17-22)25-7-5-6-19(2)20(25)3/h5-15,22H,16-17H2,1-4H3. The van der Waals surface area contributed by atoms with Crippen LogP contribution in [0.2, 0.25) is 0 Å². The Morgan fingerprint density at radius 1 is 0.941 bits per heavy atom. The maximum atomic E-state index is 12.8. The smallest absolute Gasteiger partial charge is 0.316 e. The number of nitrogens with zero attached hydrogens (tertiary/aromatic N) is 2. The van der Waals surface area contributed by atoms with Gasteiger partial charge in [0.15, 0.2) is 0 Å². The van der Waals surface area contributed by atoms with E-state index in [1.807, 2.05) is 51.1 Å². The first kappa shape index (κ1) is 23.2. The zero-order valence-corrected chi connectivity index (χ0v) is 19.9. The maximum absolute atomic E-state index is 12.8. The summed E-state index contributed by atoms with van der Waals surface area (Å²) in [7, 11) is 1.70. The highest BCUT2D eigenvalue weighted by atomic mass is 16.5. The Bertz CT molecular complexity index is 1230. The molecule has 1 saturated heterocycles. The van der Waals surface area contributed by atoms with Crippen molar-refractivity contribution in [1.29, 1.82) is 0 Å². The molecule has 6 nitrogen and oxygen atoms in total. The third kappa shape index (κ3) is 4.71. The molecule has 3 aromatic carbocycles. The molecule has 0 bridgehead atoms. The number of hydrogen-bond acceptors (Lipinski definition) is 4. The SMILES string of the molecule is Cc1ccc(C(=O)N(C)c2ccc(OC(=O)C3CC(=O)N(c4cccc(C)c4C)C3)cc2)cc1. The minimum absolute atomic E-state index is 0.0813. The molecule has 1 heterocycles. The number of aryl methyl sites for hydroxylation is 2. The topological polar surface area (TPSA) is 66.9 Å². The van der Waals surface area contributed by atoms with Gasteiger partial charge >= 0.3 is 5.97 Å². The van der Waals surface area contributed by atoms with Crippen molar-refractivity contribution in [3.8, 4) is 5.75 Å². The van der Waals surface area contributed by atoms with E-state index in [9.17, 15) is 14.4 Å². The fraction of sp³-hybridized carbons (Fsp3) is 0.250. The molecule has 3 aromatic rings. The van der Waals surface area contributed by atoms with Crippen LogP contribution in [0, 0.1) is 26.7 Å². The molecule has 6 heteroatoms. The van der Waals surface area contributed by atoms with Crippen molar-refractivity contribution in [3.05, 3.63) is 89.0 Å². The normalized spacial score (nSPS) is 15.4. The minimum atomic E-state index is -0.530. The molecular weight excluding hydrogens is 428 g/mol. The summed E-state index contributed by atoms with van der Waals surface area (Å²) < 4.78 is 5.56. The van der Waals surface area contributed by atoms with Gasteiger partial charge in [0.2, 0.25) is 5.91 Å². The Morgan fingerprint density at radius 3 is 2.29 bits per heavy atom. The second kappa shape index (κ2) is 9.51. The zero-order chi connectivity index (χ0) is 24.4. The number of anilines is 2. The largest absolute Gasteiger partial charge is 0.426 e. The lowest BCUT2D eigenvalue weighted by molar-refractivity contribution is -0.139. The van der Waals surface area contributed by atoms with E-state index in [1.165, 1.54) is 0 Å². The van der Waals surface area contributed by atoms with Crippen molar-refractivity contribution in [2.45, 2.75) is 27.2 Å². The van der Waals surface area contributed by atoms with E-state index in [0.717, 1.165) is 22.4 Å². The molecule has 0 aliphatic carbocycles. The van der Waals surface area contributed by atoms with Crippen LogP contribution in [0.5, 0.6) is 5.75 Å². The van der Waals surface area contributed by atoms with Gasteiger partial charge in [-0.05, 0) is 74.4 Å². The van der Waals surface area contributed by atoms with E-state index < -0.39 is 11.9 Å². The van der Waals surface area contributed by atoms with Gasteiger partial charge in [-0.15, -0.1) is 0 Å². The third-order valence-electron chi connectivity index (χ3n) is 6.37. The van der Waals surface area contributed by atoms with Gasteiger partial charge in [0, 0.05) is 37.0 Å². The first-order valence-corrected chi connectivity index (χ1v) is 11.3. The predicted octanol–water partition coefficient (Wildman–Crippen LogP) is 4.85. The second-order valence-corrected chi connectivity index (χ2v) is 8.77. The van der Waals surface area contributed by atoms with Crippen LogP contribution >= 0.6 is 0 Å². The van der Waals surface area contributed by atoms with Crippen LogP contribution in [0.1, 0.15) is 33.5 Å². The summed E-state index contributed by atoms with van der Waals surface area (Å²) in [5, 5.41) is 0. The fourth-order valence-corrected chi connectivity index (χ4v) is 4.07. The predicted molar refractivity (Wildman–Crippen MR) is 132 cm³/mol. The molecule has 0 aromatic heterocycles. The van der Waals surface area contributed by atoms with Crippen molar-refractivity contribution < 1.29 is 19.1 Å². The minimum Gasteiger partial charge on any atom is -0.426 e. The molecule has 1 unspecified atom stereocenters. The number of carbonyl (C=O) groups excluding carboxylic acids is 3. The Hall–Kier alpha value is -3.93. The number of rotatable bonds is 5. The fourth-order valence-electron chi connectivity index (χ4n) is 4.07. The molecular formula is C28H28N2O4. The van der Waals surface area contributed by atoms with E-state index in [4.69, 9.17) is 4.74 Å². The van der Waals surface area contributed by atoms with Gasteiger partial charge in [-0.2, -0.15) is 0 Å². The van der Waals surface area contributed by atoms with Crippen molar-refractivity contribution in [2.75, 3.05) is 23.4 Å². The molecule has 2 amide bonds. The summed E-state index contributed by atoms with van der Waals surface area (Å²) in [5.74, 6) is -0.790. The average molecular weight is 457 g/mol. The summed E-state index contributed by atoms with van der Waals surface area (Å²) in [4.78, 5) is 41.3. The van der Waals surface area contributed by atoms with E-state index >= 15 is 0 Å². The maximum Gasteiger partial charge on any atom is 0.316 e. The Kier molecular flexibility index (Phi) is 6.50. The average Bonchev–Trinajstić information content (AvgIpc) is 3.22. The van der Waals surface area contributed by atoms with Crippen LogP contribution in [-0.4, -0.2) is 31.4 Å². The Balaban J connectivity index is 1.40. The van der Waals surface area contributed by atoms with E-state index in [0.29, 0.717) is 23.5 Å².